The molecule has 0 aliphatic rings. The molecular weight excluding hydrogens is 226 g/mol. The molecule has 0 spiro atoms. The smallest absolute Gasteiger partial charge is 0.194 e. The van der Waals surface area contributed by atoms with Crippen molar-refractivity contribution in [3.63, 3.8) is 0 Å². The Morgan fingerprint density at radius 1 is 1.33 bits per heavy atom. The van der Waals surface area contributed by atoms with Crippen LogP contribution in [0.4, 0.5) is 0 Å². The molecule has 0 atom stereocenters. The molecule has 5 heteroatoms. The molecule has 3 heterocycles. The van der Waals surface area contributed by atoms with Crippen molar-refractivity contribution < 1.29 is 0 Å². The van der Waals surface area contributed by atoms with E-state index in [1.54, 1.807) is 22.7 Å². The zero-order valence-electron chi connectivity index (χ0n) is 8.39. The fourth-order valence-corrected chi connectivity index (χ4v) is 3.05. The minimum atomic E-state index is 0.972. The Morgan fingerprint density at radius 2 is 2.20 bits per heavy atom. The van der Waals surface area contributed by atoms with E-state index in [9.17, 15) is 0 Å². The molecule has 0 aliphatic heterocycles. The van der Waals surface area contributed by atoms with Gasteiger partial charge in [-0.3, -0.25) is 4.40 Å². The first-order valence-corrected chi connectivity index (χ1v) is 6.30. The second kappa shape index (κ2) is 3.15. The van der Waals surface area contributed by atoms with Gasteiger partial charge in [-0.1, -0.05) is 0 Å². The van der Waals surface area contributed by atoms with Crippen molar-refractivity contribution in [2.75, 3.05) is 0 Å². The van der Waals surface area contributed by atoms with Gasteiger partial charge in [-0.15, -0.1) is 22.7 Å². The van der Waals surface area contributed by atoms with Crippen molar-refractivity contribution in [2.45, 2.75) is 13.8 Å². The number of hydrogen-bond acceptors (Lipinski definition) is 4. The second-order valence-electron chi connectivity index (χ2n) is 3.36. The summed E-state index contributed by atoms with van der Waals surface area (Å²) in [5.74, 6) is 0. The summed E-state index contributed by atoms with van der Waals surface area (Å²) in [6.07, 6.45) is 3.87. The number of hydrogen-bond donors (Lipinski definition) is 0. The molecule has 15 heavy (non-hydrogen) atoms. The predicted molar refractivity (Wildman–Crippen MR) is 63.7 cm³/mol. The van der Waals surface area contributed by atoms with Gasteiger partial charge in [-0.2, -0.15) is 0 Å². The standard InChI is InChI=1S/C10H9N3S2/c1-6-7(2)15-10-12-8(5-13(6)10)9-11-3-4-14-9/h3-5H,1-2H3. The van der Waals surface area contributed by atoms with E-state index in [4.69, 9.17) is 0 Å². The van der Waals surface area contributed by atoms with Gasteiger partial charge in [0.25, 0.3) is 0 Å². The highest BCUT2D eigenvalue weighted by atomic mass is 32.1. The molecule has 0 radical (unpaired) electrons. The number of nitrogens with zero attached hydrogens (tertiary/aromatic N) is 3. The number of aryl methyl sites for hydroxylation is 2. The highest BCUT2D eigenvalue weighted by Gasteiger charge is 2.11. The molecule has 0 fully saturated rings. The molecule has 0 saturated heterocycles. The maximum absolute atomic E-state index is 4.57. The van der Waals surface area contributed by atoms with E-state index in [1.807, 2.05) is 11.6 Å². The minimum absolute atomic E-state index is 0.972. The summed E-state index contributed by atoms with van der Waals surface area (Å²) in [5, 5.41) is 2.96. The topological polar surface area (TPSA) is 30.2 Å². The van der Waals surface area contributed by atoms with Gasteiger partial charge in [0.15, 0.2) is 4.96 Å². The maximum Gasteiger partial charge on any atom is 0.194 e. The van der Waals surface area contributed by atoms with Gasteiger partial charge < -0.3 is 0 Å². The van der Waals surface area contributed by atoms with Crippen LogP contribution in [-0.2, 0) is 0 Å². The van der Waals surface area contributed by atoms with Gasteiger partial charge in [0, 0.05) is 28.3 Å². The monoisotopic (exact) mass is 235 g/mol. The van der Waals surface area contributed by atoms with Crippen LogP contribution < -0.4 is 0 Å². The zero-order valence-corrected chi connectivity index (χ0v) is 10.0. The first kappa shape index (κ1) is 9.06. The molecule has 3 nitrogen and oxygen atoms in total. The minimum Gasteiger partial charge on any atom is -0.294 e. The van der Waals surface area contributed by atoms with Gasteiger partial charge in [0.05, 0.1) is 0 Å². The lowest BCUT2D eigenvalue weighted by Crippen LogP contribution is -1.81. The Labute approximate surface area is 95.1 Å². The molecule has 3 aromatic rings. The Kier molecular flexibility index (Phi) is 1.90. The van der Waals surface area contributed by atoms with E-state index in [0.717, 1.165) is 15.7 Å². The summed E-state index contributed by atoms with van der Waals surface area (Å²) in [7, 11) is 0. The third kappa shape index (κ3) is 1.31. The lowest BCUT2D eigenvalue weighted by atomic mass is 10.4. The zero-order chi connectivity index (χ0) is 10.4. The third-order valence-corrected chi connectivity index (χ3v) is 4.31. The first-order chi connectivity index (χ1) is 7.25. The molecule has 0 N–H and O–H groups in total. The third-order valence-electron chi connectivity index (χ3n) is 2.44. The molecule has 3 aromatic heterocycles. The number of fused-ring (bicyclic) bond motifs is 1. The Morgan fingerprint density at radius 3 is 2.87 bits per heavy atom. The normalized spacial score (nSPS) is 11.3. The lowest BCUT2D eigenvalue weighted by Gasteiger charge is -1.89. The van der Waals surface area contributed by atoms with E-state index in [-0.39, 0.29) is 0 Å². The Bertz CT molecular complexity index is 604. The van der Waals surface area contributed by atoms with Gasteiger partial charge in [-0.05, 0) is 13.8 Å². The van der Waals surface area contributed by atoms with Crippen molar-refractivity contribution >= 4 is 27.6 Å². The SMILES string of the molecule is Cc1sc2nc(-c3nccs3)cn2c1C. The van der Waals surface area contributed by atoms with Crippen LogP contribution in [0.2, 0.25) is 0 Å². The van der Waals surface area contributed by atoms with E-state index in [1.165, 1.54) is 10.6 Å². The van der Waals surface area contributed by atoms with E-state index < -0.39 is 0 Å². The van der Waals surface area contributed by atoms with Crippen LogP contribution >= 0.6 is 22.7 Å². The van der Waals surface area contributed by atoms with E-state index in [0.29, 0.717) is 0 Å². The predicted octanol–water partition coefficient (Wildman–Crippen LogP) is 3.14. The Balaban J connectivity index is 2.24. The molecule has 76 valence electrons. The first-order valence-electron chi connectivity index (χ1n) is 4.60. The number of rotatable bonds is 1. The van der Waals surface area contributed by atoms with Crippen molar-refractivity contribution in [3.8, 4) is 10.7 Å². The summed E-state index contributed by atoms with van der Waals surface area (Å²) < 4.78 is 2.14. The fourth-order valence-electron chi connectivity index (χ4n) is 1.51. The van der Waals surface area contributed by atoms with Crippen molar-refractivity contribution in [1.82, 2.24) is 14.4 Å². The van der Waals surface area contributed by atoms with Gasteiger partial charge in [0.1, 0.15) is 10.7 Å². The summed E-state index contributed by atoms with van der Waals surface area (Å²) >= 11 is 3.35. The van der Waals surface area contributed by atoms with Crippen molar-refractivity contribution in [2.24, 2.45) is 0 Å². The summed E-state index contributed by atoms with van der Waals surface area (Å²) in [6, 6.07) is 0. The van der Waals surface area contributed by atoms with Crippen LogP contribution in [-0.4, -0.2) is 14.4 Å². The van der Waals surface area contributed by atoms with Crippen LogP contribution in [0.25, 0.3) is 15.7 Å². The molecular formula is C10H9N3S2. The number of imidazole rings is 1. The van der Waals surface area contributed by atoms with Crippen LogP contribution in [0.1, 0.15) is 10.6 Å². The molecule has 0 unspecified atom stereocenters. The van der Waals surface area contributed by atoms with Crippen molar-refractivity contribution in [1.29, 1.82) is 0 Å². The van der Waals surface area contributed by atoms with Crippen LogP contribution in [0.15, 0.2) is 17.8 Å². The summed E-state index contributed by atoms with van der Waals surface area (Å²) in [6.45, 7) is 4.24. The average Bonchev–Trinajstić information content (AvgIpc) is 2.86. The average molecular weight is 235 g/mol. The van der Waals surface area contributed by atoms with Gasteiger partial charge in [0.2, 0.25) is 0 Å². The molecule has 0 aliphatic carbocycles. The quantitative estimate of drug-likeness (QED) is 0.648. The van der Waals surface area contributed by atoms with Gasteiger partial charge in [-0.25, -0.2) is 9.97 Å². The van der Waals surface area contributed by atoms with Crippen LogP contribution in [0.3, 0.4) is 0 Å². The van der Waals surface area contributed by atoms with E-state index in [2.05, 4.69) is 34.4 Å². The van der Waals surface area contributed by atoms with E-state index >= 15 is 0 Å². The molecule has 3 rings (SSSR count). The van der Waals surface area contributed by atoms with Crippen LogP contribution in [0, 0.1) is 13.8 Å². The van der Waals surface area contributed by atoms with Crippen LogP contribution in [0.5, 0.6) is 0 Å². The molecule has 0 saturated carbocycles. The molecule has 0 bridgehead atoms. The summed E-state index contributed by atoms with van der Waals surface area (Å²) in [4.78, 5) is 11.2. The number of aromatic nitrogens is 3. The van der Waals surface area contributed by atoms with Crippen molar-refractivity contribution in [3.05, 3.63) is 28.3 Å². The summed E-state index contributed by atoms with van der Waals surface area (Å²) in [5.41, 5.74) is 2.24. The fraction of sp³-hybridized carbons (Fsp3) is 0.200. The van der Waals surface area contributed by atoms with Gasteiger partial charge >= 0.3 is 0 Å². The number of thiazole rings is 2. The largest absolute Gasteiger partial charge is 0.294 e. The lowest BCUT2D eigenvalue weighted by molar-refractivity contribution is 1.11. The maximum atomic E-state index is 4.57. The highest BCUT2D eigenvalue weighted by molar-refractivity contribution is 7.17. The highest BCUT2D eigenvalue weighted by Crippen LogP contribution is 2.27. The second-order valence-corrected chi connectivity index (χ2v) is 5.44. The Hall–Kier alpha value is -1.20. The molecule has 0 aromatic carbocycles. The molecule has 0 amide bonds.